The molecule has 2 aromatic rings. The zero-order valence-corrected chi connectivity index (χ0v) is 14.7. The molecule has 8 heteroatoms. The molecule has 0 bridgehead atoms. The van der Waals surface area contributed by atoms with Gasteiger partial charge in [-0.25, -0.2) is 18.4 Å². The Hall–Kier alpha value is -2.48. The number of nitrogens with zero attached hydrogens (tertiary/aromatic N) is 2. The highest BCUT2D eigenvalue weighted by atomic mass is 32.2. The predicted molar refractivity (Wildman–Crippen MR) is 95.1 cm³/mol. The van der Waals surface area contributed by atoms with Crippen LogP contribution >= 0.6 is 0 Å². The number of carbonyl (C=O) groups excluding carboxylic acids is 1. The molecule has 1 fully saturated rings. The van der Waals surface area contributed by atoms with Gasteiger partial charge in [0, 0.05) is 18.7 Å². The van der Waals surface area contributed by atoms with Gasteiger partial charge in [-0.15, -0.1) is 0 Å². The van der Waals surface area contributed by atoms with Gasteiger partial charge in [0.15, 0.2) is 9.84 Å². The van der Waals surface area contributed by atoms with Gasteiger partial charge in [0.2, 0.25) is 0 Å². The quantitative estimate of drug-likeness (QED) is 0.834. The third-order valence-corrected chi connectivity index (χ3v) is 5.72. The van der Waals surface area contributed by atoms with Crippen molar-refractivity contribution >= 4 is 21.6 Å². The summed E-state index contributed by atoms with van der Waals surface area (Å²) in [6.45, 7) is 2.30. The van der Waals surface area contributed by atoms with E-state index >= 15 is 0 Å². The molecule has 0 aliphatic carbocycles. The molecule has 1 saturated heterocycles. The minimum atomic E-state index is -3.04. The molecule has 1 aromatic heterocycles. The first kappa shape index (κ1) is 17.3. The molecule has 0 radical (unpaired) electrons. The maximum Gasteiger partial charge on any atom is 0.270 e. The second-order valence-electron chi connectivity index (χ2n) is 6.10. The van der Waals surface area contributed by atoms with Gasteiger partial charge in [-0.3, -0.25) is 4.79 Å². The summed E-state index contributed by atoms with van der Waals surface area (Å²) in [6.07, 6.45) is 0.442. The number of nitrogens with one attached hydrogen (secondary N) is 2. The Morgan fingerprint density at radius 1 is 1.24 bits per heavy atom. The number of carbonyl (C=O) groups is 1. The minimum Gasteiger partial charge on any atom is -0.366 e. The van der Waals surface area contributed by atoms with E-state index in [0.717, 1.165) is 5.56 Å². The number of benzene rings is 1. The number of rotatable bonds is 5. The monoisotopic (exact) mass is 360 g/mol. The van der Waals surface area contributed by atoms with Crippen molar-refractivity contribution < 1.29 is 13.2 Å². The van der Waals surface area contributed by atoms with Crippen molar-refractivity contribution in [3.05, 3.63) is 53.5 Å². The van der Waals surface area contributed by atoms with Crippen LogP contribution in [0.5, 0.6) is 0 Å². The summed E-state index contributed by atoms with van der Waals surface area (Å²) in [4.78, 5) is 20.8. The van der Waals surface area contributed by atoms with Gasteiger partial charge in [-0.05, 0) is 18.9 Å². The minimum absolute atomic E-state index is 0.0120. The van der Waals surface area contributed by atoms with Gasteiger partial charge < -0.3 is 10.6 Å². The van der Waals surface area contributed by atoms with Crippen molar-refractivity contribution in [1.82, 2.24) is 15.3 Å². The lowest BCUT2D eigenvalue weighted by atomic mass is 10.2. The molecule has 3 rings (SSSR count). The van der Waals surface area contributed by atoms with Crippen LogP contribution in [-0.2, 0) is 16.4 Å². The van der Waals surface area contributed by atoms with Gasteiger partial charge in [0.05, 0.1) is 11.5 Å². The summed E-state index contributed by atoms with van der Waals surface area (Å²) in [5.41, 5.74) is 1.33. The number of anilines is 1. The number of aryl methyl sites for hydroxylation is 1. The van der Waals surface area contributed by atoms with Crippen molar-refractivity contribution in [2.24, 2.45) is 0 Å². The highest BCUT2D eigenvalue weighted by Crippen LogP contribution is 2.13. The lowest BCUT2D eigenvalue weighted by Crippen LogP contribution is -2.36. The van der Waals surface area contributed by atoms with Crippen LogP contribution in [-0.4, -0.2) is 41.8 Å². The Kier molecular flexibility index (Phi) is 4.98. The number of hydrogen-bond donors (Lipinski definition) is 2. The van der Waals surface area contributed by atoms with E-state index in [2.05, 4.69) is 20.6 Å². The maximum absolute atomic E-state index is 12.4. The topological polar surface area (TPSA) is 101 Å². The molecule has 2 N–H and O–H groups in total. The third-order valence-electron chi connectivity index (χ3n) is 3.95. The zero-order chi connectivity index (χ0) is 17.9. The second-order valence-corrected chi connectivity index (χ2v) is 8.33. The fourth-order valence-corrected chi connectivity index (χ4v) is 4.40. The Labute approximate surface area is 146 Å². The average molecular weight is 360 g/mol. The van der Waals surface area contributed by atoms with Crippen LogP contribution in [0.3, 0.4) is 0 Å². The summed E-state index contributed by atoms with van der Waals surface area (Å²) in [5, 5.41) is 5.92. The molecule has 0 saturated carbocycles. The Morgan fingerprint density at radius 3 is 2.68 bits per heavy atom. The van der Waals surface area contributed by atoms with Crippen LogP contribution in [0, 0.1) is 6.92 Å². The smallest absolute Gasteiger partial charge is 0.270 e. The standard InChI is InChI=1S/C17H20N4O3S/c1-12-19-15(17(22)21-14-7-8-25(23,24)11-14)9-16(20-12)18-10-13-5-3-2-4-6-13/h2-6,9,14H,7-8,10-11H2,1H3,(H,21,22)(H,18,19,20). The molecule has 1 aromatic carbocycles. The fourth-order valence-electron chi connectivity index (χ4n) is 2.73. The van der Waals surface area contributed by atoms with Crippen molar-refractivity contribution in [2.75, 3.05) is 16.8 Å². The fraction of sp³-hybridized carbons (Fsp3) is 0.353. The molecule has 0 spiro atoms. The summed E-state index contributed by atoms with van der Waals surface area (Å²) in [7, 11) is -3.04. The maximum atomic E-state index is 12.4. The van der Waals surface area contributed by atoms with E-state index in [1.54, 1.807) is 13.0 Å². The number of sulfone groups is 1. The highest BCUT2D eigenvalue weighted by molar-refractivity contribution is 7.91. The van der Waals surface area contributed by atoms with E-state index in [-0.39, 0.29) is 29.1 Å². The van der Waals surface area contributed by atoms with Crippen LogP contribution in [0.1, 0.15) is 28.3 Å². The van der Waals surface area contributed by atoms with Gasteiger partial charge in [0.1, 0.15) is 17.3 Å². The summed E-state index contributed by atoms with van der Waals surface area (Å²) >= 11 is 0. The number of hydrogen-bond acceptors (Lipinski definition) is 6. The zero-order valence-electron chi connectivity index (χ0n) is 13.9. The molecule has 25 heavy (non-hydrogen) atoms. The first-order valence-electron chi connectivity index (χ1n) is 8.06. The molecule has 7 nitrogen and oxygen atoms in total. The van der Waals surface area contributed by atoms with Crippen molar-refractivity contribution in [2.45, 2.75) is 25.9 Å². The Balaban J connectivity index is 1.67. The number of amides is 1. The molecule has 1 unspecified atom stereocenters. The first-order valence-corrected chi connectivity index (χ1v) is 9.88. The van der Waals surface area contributed by atoms with Crippen molar-refractivity contribution in [3.63, 3.8) is 0 Å². The van der Waals surface area contributed by atoms with Gasteiger partial charge >= 0.3 is 0 Å². The molecule has 1 aliphatic heterocycles. The molecule has 1 amide bonds. The predicted octanol–water partition coefficient (Wildman–Crippen LogP) is 1.31. The van der Waals surface area contributed by atoms with Crippen molar-refractivity contribution in [3.8, 4) is 0 Å². The SMILES string of the molecule is Cc1nc(NCc2ccccc2)cc(C(=O)NC2CCS(=O)(=O)C2)n1. The lowest BCUT2D eigenvalue weighted by molar-refractivity contribution is 0.0935. The van der Waals surface area contributed by atoms with Crippen LogP contribution in [0.4, 0.5) is 5.82 Å². The van der Waals surface area contributed by atoms with Crippen LogP contribution in [0.2, 0.25) is 0 Å². The summed E-state index contributed by atoms with van der Waals surface area (Å²) < 4.78 is 23.0. The van der Waals surface area contributed by atoms with Gasteiger partial charge in [0.25, 0.3) is 5.91 Å². The molecular formula is C17H20N4O3S. The Bertz CT molecular complexity index is 869. The average Bonchev–Trinajstić information content (AvgIpc) is 2.92. The van der Waals surface area contributed by atoms with E-state index in [1.807, 2.05) is 30.3 Å². The molecule has 1 aliphatic rings. The molecule has 2 heterocycles. The molecule has 1 atom stereocenters. The Morgan fingerprint density at radius 2 is 2.00 bits per heavy atom. The van der Waals surface area contributed by atoms with E-state index in [4.69, 9.17) is 0 Å². The van der Waals surface area contributed by atoms with E-state index in [9.17, 15) is 13.2 Å². The normalized spacial score (nSPS) is 18.7. The summed E-state index contributed by atoms with van der Waals surface area (Å²) in [6, 6.07) is 11.1. The van der Waals surface area contributed by atoms with E-state index < -0.39 is 9.84 Å². The van der Waals surface area contributed by atoms with Gasteiger partial charge in [-0.2, -0.15) is 0 Å². The van der Waals surface area contributed by atoms with Crippen LogP contribution < -0.4 is 10.6 Å². The number of aromatic nitrogens is 2. The highest BCUT2D eigenvalue weighted by Gasteiger charge is 2.29. The van der Waals surface area contributed by atoms with Crippen LogP contribution in [0.15, 0.2) is 36.4 Å². The molecule has 132 valence electrons. The van der Waals surface area contributed by atoms with Gasteiger partial charge in [-0.1, -0.05) is 30.3 Å². The summed E-state index contributed by atoms with van der Waals surface area (Å²) in [5.74, 6) is 0.755. The van der Waals surface area contributed by atoms with E-state index in [0.29, 0.717) is 24.6 Å². The second kappa shape index (κ2) is 7.18. The molecular weight excluding hydrogens is 340 g/mol. The largest absolute Gasteiger partial charge is 0.366 e. The lowest BCUT2D eigenvalue weighted by Gasteiger charge is -2.12. The van der Waals surface area contributed by atoms with E-state index in [1.165, 1.54) is 0 Å². The first-order chi connectivity index (χ1) is 11.9. The van der Waals surface area contributed by atoms with Crippen LogP contribution in [0.25, 0.3) is 0 Å². The third kappa shape index (κ3) is 4.76. The van der Waals surface area contributed by atoms with Crippen molar-refractivity contribution in [1.29, 1.82) is 0 Å².